The highest BCUT2D eigenvalue weighted by Gasteiger charge is 2.10. The molecule has 0 bridgehead atoms. The predicted molar refractivity (Wildman–Crippen MR) is 115 cm³/mol. The van der Waals surface area contributed by atoms with Crippen molar-refractivity contribution >= 4 is 34.1 Å². The number of ether oxygens (including phenoxy) is 1. The molecule has 0 saturated carbocycles. The van der Waals surface area contributed by atoms with Gasteiger partial charge >= 0.3 is 0 Å². The Labute approximate surface area is 172 Å². The number of amides is 1. The normalized spacial score (nSPS) is 10.8. The number of nitrogens with two attached hydrogens (primary N) is 1. The first-order valence-electron chi connectivity index (χ1n) is 9.34. The summed E-state index contributed by atoms with van der Waals surface area (Å²) < 4.78 is 4.93. The van der Waals surface area contributed by atoms with Gasteiger partial charge in [0.25, 0.3) is 5.91 Å². The third-order valence-corrected chi connectivity index (χ3v) is 4.54. The first-order valence-corrected chi connectivity index (χ1v) is 9.34. The highest BCUT2D eigenvalue weighted by Crippen LogP contribution is 2.25. The third-order valence-electron chi connectivity index (χ3n) is 4.54. The van der Waals surface area contributed by atoms with Crippen molar-refractivity contribution in [3.8, 4) is 11.3 Å². The second kappa shape index (κ2) is 8.58. The molecule has 2 aromatic heterocycles. The summed E-state index contributed by atoms with van der Waals surface area (Å²) in [4.78, 5) is 21.0. The zero-order valence-corrected chi connectivity index (χ0v) is 16.3. The third kappa shape index (κ3) is 4.20. The number of methoxy groups -OCH3 is 1. The fourth-order valence-electron chi connectivity index (χ4n) is 2.95. The van der Waals surface area contributed by atoms with E-state index in [0.29, 0.717) is 36.0 Å². The van der Waals surface area contributed by atoms with Gasteiger partial charge in [-0.25, -0.2) is 9.97 Å². The number of aromatic amines is 1. The molecule has 152 valence electrons. The number of aromatic nitrogens is 4. The summed E-state index contributed by atoms with van der Waals surface area (Å²) in [5, 5.41) is 13.9. The molecule has 0 aliphatic rings. The van der Waals surface area contributed by atoms with Crippen LogP contribution in [-0.2, 0) is 4.74 Å². The van der Waals surface area contributed by atoms with Gasteiger partial charge in [-0.1, -0.05) is 12.1 Å². The molecule has 5 N–H and O–H groups in total. The summed E-state index contributed by atoms with van der Waals surface area (Å²) in [6.45, 7) is 0.925. The van der Waals surface area contributed by atoms with Crippen molar-refractivity contribution in [3.63, 3.8) is 0 Å². The number of benzene rings is 2. The number of H-pyrrole nitrogens is 1. The molecule has 0 fully saturated rings. The predicted octanol–water partition coefficient (Wildman–Crippen LogP) is 2.72. The van der Waals surface area contributed by atoms with E-state index in [1.54, 1.807) is 31.6 Å². The second-order valence-corrected chi connectivity index (χ2v) is 6.61. The van der Waals surface area contributed by atoms with Gasteiger partial charge in [-0.2, -0.15) is 5.10 Å². The van der Waals surface area contributed by atoms with Crippen molar-refractivity contribution in [1.82, 2.24) is 25.5 Å². The maximum Gasteiger partial charge on any atom is 0.251 e. The number of rotatable bonds is 7. The number of nitrogen functional groups attached to an aromatic ring is 1. The van der Waals surface area contributed by atoms with Crippen molar-refractivity contribution in [2.24, 2.45) is 0 Å². The fraction of sp³-hybridized carbons (Fsp3) is 0.143. The van der Waals surface area contributed by atoms with E-state index in [2.05, 4.69) is 30.8 Å². The van der Waals surface area contributed by atoms with Crippen molar-refractivity contribution in [3.05, 3.63) is 60.4 Å². The molecule has 0 aliphatic heterocycles. The number of carbonyl (C=O) groups excluding carboxylic acids is 1. The number of hydrogen-bond acceptors (Lipinski definition) is 7. The number of nitrogens with one attached hydrogen (secondary N) is 3. The number of anilines is 3. The summed E-state index contributed by atoms with van der Waals surface area (Å²) in [5.41, 5.74) is 9.81. The van der Waals surface area contributed by atoms with Crippen LogP contribution in [0.3, 0.4) is 0 Å². The number of hydrogen-bond donors (Lipinski definition) is 4. The SMILES string of the molecule is COCCNC(=O)c1ccc(-c2cnc(N)c(Nc3ccc4[nH]ncc4c3)n2)cc1. The van der Waals surface area contributed by atoms with Crippen LogP contribution in [-0.4, -0.2) is 46.3 Å². The summed E-state index contributed by atoms with van der Waals surface area (Å²) in [5.74, 6) is 0.593. The van der Waals surface area contributed by atoms with Crippen LogP contribution < -0.4 is 16.4 Å². The molecule has 0 unspecified atom stereocenters. The minimum absolute atomic E-state index is 0.154. The summed E-state index contributed by atoms with van der Waals surface area (Å²) in [7, 11) is 1.59. The zero-order chi connectivity index (χ0) is 20.9. The Bertz CT molecular complexity index is 1170. The largest absolute Gasteiger partial charge is 0.383 e. The molecule has 4 aromatic rings. The summed E-state index contributed by atoms with van der Waals surface area (Å²) >= 11 is 0. The number of fused-ring (bicyclic) bond motifs is 1. The lowest BCUT2D eigenvalue weighted by Gasteiger charge is -2.10. The second-order valence-electron chi connectivity index (χ2n) is 6.61. The first kappa shape index (κ1) is 19.3. The van der Waals surface area contributed by atoms with Crippen molar-refractivity contribution < 1.29 is 9.53 Å². The minimum Gasteiger partial charge on any atom is -0.383 e. The van der Waals surface area contributed by atoms with E-state index in [-0.39, 0.29) is 5.91 Å². The lowest BCUT2D eigenvalue weighted by molar-refractivity contribution is 0.0937. The Kier molecular flexibility index (Phi) is 5.53. The lowest BCUT2D eigenvalue weighted by Crippen LogP contribution is -2.26. The molecule has 2 heterocycles. The van der Waals surface area contributed by atoms with Gasteiger partial charge in [0, 0.05) is 35.9 Å². The molecule has 0 aliphatic carbocycles. The van der Waals surface area contributed by atoms with E-state index in [1.165, 1.54) is 0 Å². The Balaban J connectivity index is 1.53. The van der Waals surface area contributed by atoms with Gasteiger partial charge in [-0.3, -0.25) is 9.89 Å². The highest BCUT2D eigenvalue weighted by atomic mass is 16.5. The van der Waals surface area contributed by atoms with Gasteiger partial charge in [0.15, 0.2) is 11.6 Å². The molecule has 0 saturated heterocycles. The maximum atomic E-state index is 12.1. The monoisotopic (exact) mass is 403 g/mol. The average molecular weight is 403 g/mol. The minimum atomic E-state index is -0.154. The standard InChI is InChI=1S/C21H21N7O2/c1-30-9-8-23-21(29)14-4-2-13(3-5-14)18-12-24-19(22)20(27-18)26-16-6-7-17-15(10-16)11-25-28-17/h2-7,10-12H,8-9H2,1H3,(H2,22,24)(H,23,29)(H,25,28)(H,26,27). The Hall–Kier alpha value is -3.98. The van der Waals surface area contributed by atoms with Crippen LogP contribution in [0.15, 0.2) is 54.9 Å². The van der Waals surface area contributed by atoms with Crippen LogP contribution in [0, 0.1) is 0 Å². The number of nitrogens with zero attached hydrogens (tertiary/aromatic N) is 3. The topological polar surface area (TPSA) is 131 Å². The van der Waals surface area contributed by atoms with Crippen molar-refractivity contribution in [2.45, 2.75) is 0 Å². The van der Waals surface area contributed by atoms with Gasteiger partial charge in [0.2, 0.25) is 0 Å². The molecular formula is C21H21N7O2. The van der Waals surface area contributed by atoms with Crippen molar-refractivity contribution in [2.75, 3.05) is 31.3 Å². The molecular weight excluding hydrogens is 382 g/mol. The average Bonchev–Trinajstić information content (AvgIpc) is 3.23. The van der Waals surface area contributed by atoms with Crippen LogP contribution in [0.1, 0.15) is 10.4 Å². The van der Waals surface area contributed by atoms with Crippen LogP contribution in [0.4, 0.5) is 17.3 Å². The van der Waals surface area contributed by atoms with Crippen LogP contribution in [0.25, 0.3) is 22.2 Å². The van der Waals surface area contributed by atoms with Crippen LogP contribution in [0.5, 0.6) is 0 Å². The molecule has 9 heteroatoms. The molecule has 2 aromatic carbocycles. The van der Waals surface area contributed by atoms with Gasteiger partial charge in [0.05, 0.1) is 30.2 Å². The summed E-state index contributed by atoms with van der Waals surface area (Å²) in [6, 6.07) is 12.9. The van der Waals surface area contributed by atoms with Gasteiger partial charge in [0.1, 0.15) is 0 Å². The lowest BCUT2D eigenvalue weighted by atomic mass is 10.1. The van der Waals surface area contributed by atoms with Gasteiger partial charge in [-0.05, 0) is 30.3 Å². The molecule has 0 atom stereocenters. The molecule has 9 nitrogen and oxygen atoms in total. The Morgan fingerprint density at radius 1 is 1.17 bits per heavy atom. The van der Waals surface area contributed by atoms with Crippen LogP contribution in [0.2, 0.25) is 0 Å². The Morgan fingerprint density at radius 3 is 2.80 bits per heavy atom. The maximum absolute atomic E-state index is 12.1. The molecule has 1 amide bonds. The molecule has 4 rings (SSSR count). The first-order chi connectivity index (χ1) is 14.6. The molecule has 0 spiro atoms. The van der Waals surface area contributed by atoms with E-state index < -0.39 is 0 Å². The van der Waals surface area contributed by atoms with E-state index in [9.17, 15) is 4.79 Å². The molecule has 30 heavy (non-hydrogen) atoms. The Morgan fingerprint density at radius 2 is 2.00 bits per heavy atom. The number of carbonyl (C=O) groups is 1. The zero-order valence-electron chi connectivity index (χ0n) is 16.3. The van der Waals surface area contributed by atoms with E-state index >= 15 is 0 Å². The summed E-state index contributed by atoms with van der Waals surface area (Å²) in [6.07, 6.45) is 3.35. The molecule has 0 radical (unpaired) electrons. The van der Waals surface area contributed by atoms with E-state index in [1.807, 2.05) is 30.3 Å². The smallest absolute Gasteiger partial charge is 0.251 e. The van der Waals surface area contributed by atoms with E-state index in [0.717, 1.165) is 22.2 Å². The van der Waals surface area contributed by atoms with Gasteiger partial charge < -0.3 is 21.1 Å². The van der Waals surface area contributed by atoms with Gasteiger partial charge in [-0.15, -0.1) is 0 Å². The van der Waals surface area contributed by atoms with Crippen molar-refractivity contribution in [1.29, 1.82) is 0 Å². The quantitative estimate of drug-likeness (QED) is 0.349. The van der Waals surface area contributed by atoms with E-state index in [4.69, 9.17) is 10.5 Å². The van der Waals surface area contributed by atoms with Crippen LogP contribution >= 0.6 is 0 Å². The highest BCUT2D eigenvalue weighted by molar-refractivity contribution is 5.94. The fourth-order valence-corrected chi connectivity index (χ4v) is 2.95.